The van der Waals surface area contributed by atoms with Gasteiger partial charge < -0.3 is 14.8 Å². The number of rotatable bonds is 6. The molecule has 2 heterocycles. The number of aromatic nitrogens is 2. The van der Waals surface area contributed by atoms with Crippen LogP contribution in [0.3, 0.4) is 0 Å². The molecule has 1 saturated heterocycles. The third-order valence-electron chi connectivity index (χ3n) is 7.25. The van der Waals surface area contributed by atoms with Crippen molar-refractivity contribution in [2.24, 2.45) is 4.99 Å². The van der Waals surface area contributed by atoms with Crippen LogP contribution in [0.4, 0.5) is 11.4 Å². The van der Waals surface area contributed by atoms with E-state index in [9.17, 15) is 0 Å². The second-order valence-corrected chi connectivity index (χ2v) is 10.1. The average molecular weight is 508 g/mol. The second-order valence-electron chi connectivity index (χ2n) is 9.71. The maximum absolute atomic E-state index is 6.23. The van der Waals surface area contributed by atoms with E-state index in [1.54, 1.807) is 0 Å². The van der Waals surface area contributed by atoms with Gasteiger partial charge >= 0.3 is 0 Å². The first-order valence-corrected chi connectivity index (χ1v) is 13.3. The summed E-state index contributed by atoms with van der Waals surface area (Å²) in [4.78, 5) is 12.6. The number of likely N-dealkylation sites (tertiary alicyclic amines) is 1. The van der Waals surface area contributed by atoms with E-state index in [2.05, 4.69) is 76.4 Å². The fourth-order valence-electron chi connectivity index (χ4n) is 5.30. The molecule has 1 fully saturated rings. The Kier molecular flexibility index (Phi) is 6.64. The molecule has 186 valence electrons. The molecule has 0 amide bonds. The van der Waals surface area contributed by atoms with Gasteiger partial charge in [-0.25, -0.2) is 4.98 Å². The van der Waals surface area contributed by atoms with Crippen molar-refractivity contribution in [1.82, 2.24) is 14.5 Å². The van der Waals surface area contributed by atoms with Crippen molar-refractivity contribution in [3.8, 4) is 17.1 Å². The van der Waals surface area contributed by atoms with E-state index in [-0.39, 0.29) is 0 Å². The van der Waals surface area contributed by atoms with Gasteiger partial charge in [-0.1, -0.05) is 41.9 Å². The number of fused-ring (bicyclic) bond motifs is 2. The molecule has 0 spiro atoms. The Morgan fingerprint density at radius 1 is 0.973 bits per heavy atom. The lowest BCUT2D eigenvalue weighted by molar-refractivity contribution is 0.299. The number of nitrogens with one attached hydrogen (secondary N) is 1. The number of benzene rings is 4. The van der Waals surface area contributed by atoms with Gasteiger partial charge in [-0.2, -0.15) is 0 Å². The molecule has 1 N–H and O–H groups in total. The van der Waals surface area contributed by atoms with Gasteiger partial charge in [0.05, 0.1) is 33.5 Å². The lowest BCUT2D eigenvalue weighted by Gasteiger charge is -2.20. The molecule has 0 radical (unpaired) electrons. The minimum absolute atomic E-state index is 0.611. The first-order valence-electron chi connectivity index (χ1n) is 12.9. The van der Waals surface area contributed by atoms with Gasteiger partial charge in [-0.3, -0.25) is 4.99 Å². The molecule has 1 aliphatic carbocycles. The number of hydrogen-bond acceptors (Lipinski definition) is 4. The van der Waals surface area contributed by atoms with Crippen molar-refractivity contribution in [2.45, 2.75) is 25.3 Å². The normalized spacial score (nSPS) is 16.6. The molecule has 0 saturated carbocycles. The topological polar surface area (TPSA) is 45.5 Å². The van der Waals surface area contributed by atoms with E-state index in [1.165, 1.54) is 19.4 Å². The highest BCUT2D eigenvalue weighted by molar-refractivity contribution is 6.30. The van der Waals surface area contributed by atoms with Crippen molar-refractivity contribution in [3.05, 3.63) is 101 Å². The van der Waals surface area contributed by atoms with Crippen LogP contribution in [0.2, 0.25) is 5.02 Å². The molecule has 3 aliphatic rings. The standard InChI is InChI=1S/C31H30ClN5/c1-36-19-7-10-24(36)17-18-33-27-21-31-29(20-28(27)34-23-8-3-2-4-9-23)35-26-11-5-6-12-30(26)37(31)25-15-13-22(32)14-16-25/h2-6,8-9,11-16,20-21,24,34H,7,10,17-19H2,1H3. The van der Waals surface area contributed by atoms with Crippen LogP contribution < -0.4 is 10.7 Å². The SMILES string of the molecule is CN1CCCC1CCN=c1cc2n(-c3ccc(Cl)cc3)c3ccccc3nc-2cc1Nc1ccccc1. The lowest BCUT2D eigenvalue weighted by atomic mass is 10.1. The Morgan fingerprint density at radius 2 is 1.76 bits per heavy atom. The zero-order valence-electron chi connectivity index (χ0n) is 20.9. The van der Waals surface area contributed by atoms with Gasteiger partial charge in [0.25, 0.3) is 0 Å². The van der Waals surface area contributed by atoms with Crippen LogP contribution in [0.5, 0.6) is 0 Å². The van der Waals surface area contributed by atoms with Crippen molar-refractivity contribution in [2.75, 3.05) is 25.5 Å². The Hall–Kier alpha value is -3.67. The summed E-state index contributed by atoms with van der Waals surface area (Å²) >= 11 is 6.23. The minimum atomic E-state index is 0.611. The number of para-hydroxylation sites is 3. The fraction of sp³-hybridized carbons (Fsp3) is 0.226. The zero-order chi connectivity index (χ0) is 25.2. The maximum Gasteiger partial charge on any atom is 0.0900 e. The molecule has 3 aromatic carbocycles. The van der Waals surface area contributed by atoms with Crippen molar-refractivity contribution < 1.29 is 0 Å². The van der Waals surface area contributed by atoms with E-state index >= 15 is 0 Å². The summed E-state index contributed by atoms with van der Waals surface area (Å²) in [6.07, 6.45) is 3.59. The molecular weight excluding hydrogens is 478 g/mol. The molecule has 5 nitrogen and oxygen atoms in total. The third kappa shape index (κ3) is 4.97. The summed E-state index contributed by atoms with van der Waals surface area (Å²) in [6.45, 7) is 1.97. The molecule has 0 bridgehead atoms. The molecule has 1 unspecified atom stereocenters. The molecule has 0 aromatic heterocycles. The number of nitrogens with zero attached hydrogens (tertiary/aromatic N) is 4. The quantitative estimate of drug-likeness (QED) is 0.254. The Balaban J connectivity index is 1.53. The molecule has 6 heteroatoms. The van der Waals surface area contributed by atoms with Crippen LogP contribution in [-0.2, 0) is 0 Å². The lowest BCUT2D eigenvalue weighted by Crippen LogP contribution is -2.25. The highest BCUT2D eigenvalue weighted by atomic mass is 35.5. The van der Waals surface area contributed by atoms with Crippen molar-refractivity contribution in [1.29, 1.82) is 0 Å². The average Bonchev–Trinajstić information content (AvgIpc) is 3.33. The van der Waals surface area contributed by atoms with Gasteiger partial charge in [0.15, 0.2) is 0 Å². The third-order valence-corrected chi connectivity index (χ3v) is 7.50. The van der Waals surface area contributed by atoms with E-state index in [0.29, 0.717) is 11.1 Å². The summed E-state index contributed by atoms with van der Waals surface area (Å²) in [6, 6.07) is 31.4. The van der Waals surface area contributed by atoms with Crippen LogP contribution in [0.25, 0.3) is 28.1 Å². The maximum atomic E-state index is 6.23. The predicted molar refractivity (Wildman–Crippen MR) is 153 cm³/mol. The first-order chi connectivity index (χ1) is 18.2. The number of hydrogen-bond donors (Lipinski definition) is 1. The van der Waals surface area contributed by atoms with Crippen molar-refractivity contribution >= 4 is 34.0 Å². The van der Waals surface area contributed by atoms with Crippen LogP contribution in [0, 0.1) is 0 Å². The molecular formula is C31H30ClN5. The molecule has 6 rings (SSSR count). The number of anilines is 2. The smallest absolute Gasteiger partial charge is 0.0900 e. The summed E-state index contributed by atoms with van der Waals surface area (Å²) in [7, 11) is 2.22. The summed E-state index contributed by atoms with van der Waals surface area (Å²) in [5.74, 6) is 0. The van der Waals surface area contributed by atoms with Gasteiger partial charge in [0.1, 0.15) is 0 Å². The Morgan fingerprint density at radius 3 is 2.54 bits per heavy atom. The van der Waals surface area contributed by atoms with E-state index in [4.69, 9.17) is 21.6 Å². The minimum Gasteiger partial charge on any atom is -0.354 e. The van der Waals surface area contributed by atoms with Gasteiger partial charge in [-0.05, 0) is 93.5 Å². The highest BCUT2D eigenvalue weighted by Gasteiger charge is 2.20. The monoisotopic (exact) mass is 507 g/mol. The van der Waals surface area contributed by atoms with Gasteiger partial charge in [0, 0.05) is 29.0 Å². The highest BCUT2D eigenvalue weighted by Crippen LogP contribution is 2.31. The van der Waals surface area contributed by atoms with Crippen LogP contribution in [0.15, 0.2) is 96.0 Å². The summed E-state index contributed by atoms with van der Waals surface area (Å²) < 4.78 is 2.25. The molecule has 3 aromatic rings. The van der Waals surface area contributed by atoms with Gasteiger partial charge in [0.2, 0.25) is 0 Å². The number of halogens is 1. The van der Waals surface area contributed by atoms with E-state index in [0.717, 1.165) is 57.8 Å². The van der Waals surface area contributed by atoms with Crippen LogP contribution in [-0.4, -0.2) is 40.6 Å². The molecule has 1 atom stereocenters. The first kappa shape index (κ1) is 23.7. The summed E-state index contributed by atoms with van der Waals surface area (Å²) in [5.41, 5.74) is 6.92. The predicted octanol–water partition coefficient (Wildman–Crippen LogP) is 6.91. The molecule has 37 heavy (non-hydrogen) atoms. The second kappa shape index (κ2) is 10.4. The summed E-state index contributed by atoms with van der Waals surface area (Å²) in [5, 5.41) is 5.25. The van der Waals surface area contributed by atoms with Crippen LogP contribution in [0.1, 0.15) is 19.3 Å². The van der Waals surface area contributed by atoms with Gasteiger partial charge in [-0.15, -0.1) is 0 Å². The Bertz CT molecular complexity index is 1560. The molecule has 2 aliphatic heterocycles. The fourth-order valence-corrected chi connectivity index (χ4v) is 5.42. The zero-order valence-corrected chi connectivity index (χ0v) is 21.7. The van der Waals surface area contributed by atoms with E-state index in [1.807, 2.05) is 36.4 Å². The van der Waals surface area contributed by atoms with Crippen LogP contribution >= 0.6 is 11.6 Å². The van der Waals surface area contributed by atoms with Crippen molar-refractivity contribution in [3.63, 3.8) is 0 Å². The Labute approximate surface area is 222 Å². The largest absolute Gasteiger partial charge is 0.354 e. The van der Waals surface area contributed by atoms with E-state index < -0.39 is 0 Å².